The van der Waals surface area contributed by atoms with E-state index < -0.39 is 0 Å². The Morgan fingerprint density at radius 2 is 1.88 bits per heavy atom. The molecule has 2 fully saturated rings. The quantitative estimate of drug-likeness (QED) is 0.689. The molecule has 5 rings (SSSR count). The Balaban J connectivity index is 1.21. The van der Waals surface area contributed by atoms with E-state index in [-0.39, 0.29) is 5.91 Å². The highest BCUT2D eigenvalue weighted by Gasteiger charge is 2.38. The van der Waals surface area contributed by atoms with Gasteiger partial charge in [0.15, 0.2) is 5.76 Å². The summed E-state index contributed by atoms with van der Waals surface area (Å²) in [6.07, 6.45) is 4.01. The van der Waals surface area contributed by atoms with Gasteiger partial charge >= 0.3 is 0 Å². The first kappa shape index (κ1) is 15.6. The fourth-order valence-corrected chi connectivity index (χ4v) is 3.53. The van der Waals surface area contributed by atoms with Crippen LogP contribution in [0.4, 0.5) is 5.69 Å². The van der Waals surface area contributed by atoms with Crippen LogP contribution in [0, 0.1) is 5.92 Å². The van der Waals surface area contributed by atoms with Crippen molar-refractivity contribution in [2.45, 2.75) is 31.2 Å². The van der Waals surface area contributed by atoms with Crippen LogP contribution in [0.15, 0.2) is 59.0 Å². The lowest BCUT2D eigenvalue weighted by Gasteiger charge is -2.06. The molecule has 2 atom stereocenters. The molecule has 0 aliphatic heterocycles. The molecule has 2 aromatic carbocycles. The monoisotopic (exact) mass is 346 g/mol. The first-order valence-electron chi connectivity index (χ1n) is 9.39. The Morgan fingerprint density at radius 3 is 2.65 bits per heavy atom. The normalized spacial score (nSPS) is 21.7. The number of amides is 1. The molecular formula is C22H22N2O2. The molecule has 2 N–H and O–H groups in total. The number of carbonyl (C=O) groups excluding carboxylic acids is 1. The highest BCUT2D eigenvalue weighted by atomic mass is 16.3. The molecule has 2 saturated carbocycles. The summed E-state index contributed by atoms with van der Waals surface area (Å²) < 4.78 is 5.62. The molecule has 132 valence electrons. The molecule has 0 spiro atoms. The van der Waals surface area contributed by atoms with Crippen molar-refractivity contribution in [3.63, 3.8) is 0 Å². The highest BCUT2D eigenvalue weighted by Crippen LogP contribution is 2.41. The average molecular weight is 346 g/mol. The summed E-state index contributed by atoms with van der Waals surface area (Å²) in [4.78, 5) is 12.4. The lowest BCUT2D eigenvalue weighted by molar-refractivity contribution is 0.0998. The fourth-order valence-electron chi connectivity index (χ4n) is 3.53. The van der Waals surface area contributed by atoms with E-state index in [9.17, 15) is 4.79 Å². The summed E-state index contributed by atoms with van der Waals surface area (Å²) in [5, 5.41) is 7.52. The molecule has 1 heterocycles. The average Bonchev–Trinajstić information content (AvgIpc) is 3.57. The van der Waals surface area contributed by atoms with Crippen molar-refractivity contribution in [2.75, 3.05) is 11.9 Å². The van der Waals surface area contributed by atoms with Gasteiger partial charge in [-0.05, 0) is 61.6 Å². The lowest BCUT2D eigenvalue weighted by Crippen LogP contribution is -2.20. The van der Waals surface area contributed by atoms with Crippen LogP contribution >= 0.6 is 0 Å². The molecular weight excluding hydrogens is 324 g/mol. The third-order valence-corrected chi connectivity index (χ3v) is 5.40. The molecule has 4 nitrogen and oxygen atoms in total. The molecule has 26 heavy (non-hydrogen) atoms. The number of furan rings is 1. The van der Waals surface area contributed by atoms with Crippen molar-refractivity contribution in [1.29, 1.82) is 0 Å². The fraction of sp³-hybridized carbons (Fsp3) is 0.318. The van der Waals surface area contributed by atoms with Crippen LogP contribution in [0.2, 0.25) is 0 Å². The van der Waals surface area contributed by atoms with E-state index in [2.05, 4.69) is 22.8 Å². The van der Waals surface area contributed by atoms with E-state index in [1.165, 1.54) is 31.4 Å². The van der Waals surface area contributed by atoms with Crippen LogP contribution < -0.4 is 10.6 Å². The van der Waals surface area contributed by atoms with Crippen LogP contribution in [-0.2, 0) is 0 Å². The molecule has 4 heteroatoms. The van der Waals surface area contributed by atoms with Gasteiger partial charge in [-0.3, -0.25) is 4.79 Å². The molecule has 0 radical (unpaired) electrons. The van der Waals surface area contributed by atoms with Gasteiger partial charge in [0.05, 0.1) is 0 Å². The molecule has 0 bridgehead atoms. The number of anilines is 1. The number of carbonyl (C=O) groups is 1. The van der Waals surface area contributed by atoms with Gasteiger partial charge in [-0.2, -0.15) is 0 Å². The van der Waals surface area contributed by atoms with Crippen LogP contribution in [0.25, 0.3) is 11.0 Å². The van der Waals surface area contributed by atoms with Gasteiger partial charge in [0.25, 0.3) is 5.91 Å². The largest absolute Gasteiger partial charge is 0.451 e. The Kier molecular flexibility index (Phi) is 3.79. The maximum absolute atomic E-state index is 12.4. The second-order valence-electron chi connectivity index (χ2n) is 7.52. The standard InChI is InChI=1S/C22H22N2O2/c25-22(21-11-16-3-1-2-4-20(16)26-21)24-17-9-7-15(8-10-17)18-12-19(18)23-13-14-5-6-14/h1-4,7-11,14,18-19,23H,5-6,12-13H2,(H,24,25). The van der Waals surface area contributed by atoms with Gasteiger partial charge in [0, 0.05) is 23.0 Å². The van der Waals surface area contributed by atoms with E-state index in [1.807, 2.05) is 36.4 Å². The predicted molar refractivity (Wildman–Crippen MR) is 102 cm³/mol. The van der Waals surface area contributed by atoms with E-state index in [4.69, 9.17) is 4.42 Å². The predicted octanol–water partition coefficient (Wildman–Crippen LogP) is 4.54. The summed E-state index contributed by atoms with van der Waals surface area (Å²) in [7, 11) is 0. The molecule has 2 aliphatic carbocycles. The van der Waals surface area contributed by atoms with Crippen LogP contribution in [0.5, 0.6) is 0 Å². The van der Waals surface area contributed by atoms with Crippen molar-refractivity contribution >= 4 is 22.6 Å². The molecule has 2 aliphatic rings. The minimum absolute atomic E-state index is 0.218. The third kappa shape index (κ3) is 3.25. The van der Waals surface area contributed by atoms with Gasteiger partial charge in [0.1, 0.15) is 5.58 Å². The number of nitrogens with one attached hydrogen (secondary N) is 2. The van der Waals surface area contributed by atoms with Gasteiger partial charge < -0.3 is 15.1 Å². The second-order valence-corrected chi connectivity index (χ2v) is 7.52. The van der Waals surface area contributed by atoms with Gasteiger partial charge in [-0.15, -0.1) is 0 Å². The minimum atomic E-state index is -0.218. The molecule has 1 amide bonds. The Bertz CT molecular complexity index is 907. The Labute approximate surface area is 152 Å². The summed E-state index contributed by atoms with van der Waals surface area (Å²) >= 11 is 0. The van der Waals surface area contributed by atoms with E-state index >= 15 is 0 Å². The Morgan fingerprint density at radius 1 is 1.08 bits per heavy atom. The van der Waals surface area contributed by atoms with E-state index in [0.717, 1.165) is 22.6 Å². The van der Waals surface area contributed by atoms with Crippen molar-refractivity contribution in [3.05, 3.63) is 65.9 Å². The number of fused-ring (bicyclic) bond motifs is 1. The van der Waals surface area contributed by atoms with Crippen molar-refractivity contribution < 1.29 is 9.21 Å². The third-order valence-electron chi connectivity index (χ3n) is 5.40. The zero-order valence-corrected chi connectivity index (χ0v) is 14.6. The van der Waals surface area contributed by atoms with Gasteiger partial charge in [0.2, 0.25) is 0 Å². The first-order chi connectivity index (χ1) is 12.8. The number of para-hydroxylation sites is 1. The number of benzene rings is 2. The highest BCUT2D eigenvalue weighted by molar-refractivity contribution is 6.04. The molecule has 0 saturated heterocycles. The summed E-state index contributed by atoms with van der Waals surface area (Å²) in [5.41, 5.74) is 2.87. The number of hydrogen-bond acceptors (Lipinski definition) is 3. The summed E-state index contributed by atoms with van der Waals surface area (Å²) in [6, 6.07) is 18.2. The van der Waals surface area contributed by atoms with Crippen molar-refractivity contribution in [2.24, 2.45) is 5.92 Å². The van der Waals surface area contributed by atoms with Crippen LogP contribution in [0.1, 0.15) is 41.3 Å². The number of rotatable bonds is 6. The molecule has 2 unspecified atom stereocenters. The minimum Gasteiger partial charge on any atom is -0.451 e. The summed E-state index contributed by atoms with van der Waals surface area (Å²) in [6.45, 7) is 1.17. The maximum atomic E-state index is 12.4. The van der Waals surface area contributed by atoms with Crippen molar-refractivity contribution in [3.8, 4) is 0 Å². The van der Waals surface area contributed by atoms with Crippen LogP contribution in [0.3, 0.4) is 0 Å². The number of hydrogen-bond donors (Lipinski definition) is 2. The first-order valence-corrected chi connectivity index (χ1v) is 9.39. The summed E-state index contributed by atoms with van der Waals surface area (Å²) in [5.74, 6) is 1.66. The van der Waals surface area contributed by atoms with Gasteiger partial charge in [-0.25, -0.2) is 0 Å². The van der Waals surface area contributed by atoms with Crippen molar-refractivity contribution in [1.82, 2.24) is 5.32 Å². The second kappa shape index (κ2) is 6.29. The maximum Gasteiger partial charge on any atom is 0.291 e. The SMILES string of the molecule is O=C(Nc1ccc(C2CC2NCC2CC2)cc1)c1cc2ccccc2o1. The van der Waals surface area contributed by atoms with E-state index in [0.29, 0.717) is 17.7 Å². The van der Waals surface area contributed by atoms with Crippen LogP contribution in [-0.4, -0.2) is 18.5 Å². The molecule has 1 aromatic heterocycles. The zero-order valence-electron chi connectivity index (χ0n) is 14.6. The topological polar surface area (TPSA) is 54.3 Å². The Hall–Kier alpha value is -2.59. The van der Waals surface area contributed by atoms with E-state index in [1.54, 1.807) is 6.07 Å². The smallest absolute Gasteiger partial charge is 0.291 e. The van der Waals surface area contributed by atoms with Gasteiger partial charge in [-0.1, -0.05) is 30.3 Å². The molecule has 3 aromatic rings. The lowest BCUT2D eigenvalue weighted by atomic mass is 10.1. The zero-order chi connectivity index (χ0) is 17.5.